The fourth-order valence-corrected chi connectivity index (χ4v) is 1.75. The van der Waals surface area contributed by atoms with Crippen molar-refractivity contribution in [1.82, 2.24) is 4.98 Å². The van der Waals surface area contributed by atoms with Crippen LogP contribution in [-0.2, 0) is 21.8 Å². The Balaban J connectivity index is 3.35. The Bertz CT molecular complexity index is 536. The van der Waals surface area contributed by atoms with Gasteiger partial charge in [0.05, 0.1) is 24.6 Å². The maximum absolute atomic E-state index is 12.9. The molecule has 0 aliphatic rings. The third-order valence-electron chi connectivity index (χ3n) is 2.33. The molecule has 0 atom stereocenters. The summed E-state index contributed by atoms with van der Waals surface area (Å²) in [5, 5.41) is 0. The second-order valence-electron chi connectivity index (χ2n) is 3.95. The quantitative estimate of drug-likeness (QED) is 0.446. The van der Waals surface area contributed by atoms with Crippen LogP contribution >= 0.6 is 11.6 Å². The molecule has 0 aromatic carbocycles. The van der Waals surface area contributed by atoms with Crippen molar-refractivity contribution in [2.45, 2.75) is 32.0 Å². The Kier molecular flexibility index (Phi) is 6.34. The van der Waals surface area contributed by atoms with E-state index in [1.807, 2.05) is 0 Å². The van der Waals surface area contributed by atoms with E-state index in [2.05, 4.69) is 14.5 Å². The molecule has 0 radical (unpaired) electrons. The maximum Gasteiger partial charge on any atom is 0.573 e. The first-order chi connectivity index (χ1) is 10.2. The van der Waals surface area contributed by atoms with E-state index in [1.165, 1.54) is 6.92 Å². The highest BCUT2D eigenvalue weighted by Gasteiger charge is 2.36. The molecule has 1 aromatic heterocycles. The van der Waals surface area contributed by atoms with Gasteiger partial charge in [-0.05, 0) is 13.0 Å². The maximum atomic E-state index is 12.9. The van der Waals surface area contributed by atoms with Gasteiger partial charge in [-0.1, -0.05) is 0 Å². The summed E-state index contributed by atoms with van der Waals surface area (Å²) in [6.07, 6.45) is -9.22. The second-order valence-corrected chi connectivity index (χ2v) is 4.22. The van der Waals surface area contributed by atoms with E-state index in [1.54, 1.807) is 0 Å². The third-order valence-corrected chi connectivity index (χ3v) is 2.60. The standard InChI is InChI=1S/C12H11ClF5NO3/c1-2-21-8(20)4-6-3-7(5-13)19-9(11(14)15)10(6)22-12(16,17)18/h3,11H,2,4-5H2,1H3. The highest BCUT2D eigenvalue weighted by molar-refractivity contribution is 6.16. The Hall–Kier alpha value is -1.64. The van der Waals surface area contributed by atoms with Gasteiger partial charge < -0.3 is 9.47 Å². The van der Waals surface area contributed by atoms with Gasteiger partial charge in [-0.3, -0.25) is 4.79 Å². The zero-order chi connectivity index (χ0) is 16.9. The molecule has 4 nitrogen and oxygen atoms in total. The highest BCUT2D eigenvalue weighted by atomic mass is 35.5. The van der Waals surface area contributed by atoms with Crippen LogP contribution in [0.1, 0.15) is 30.3 Å². The monoisotopic (exact) mass is 347 g/mol. The number of carbonyl (C=O) groups is 1. The van der Waals surface area contributed by atoms with E-state index in [-0.39, 0.29) is 18.2 Å². The molecule has 22 heavy (non-hydrogen) atoms. The molecule has 0 amide bonds. The van der Waals surface area contributed by atoms with Gasteiger partial charge in [0.25, 0.3) is 6.43 Å². The largest absolute Gasteiger partial charge is 0.573 e. The van der Waals surface area contributed by atoms with Crippen molar-refractivity contribution in [3.8, 4) is 5.75 Å². The van der Waals surface area contributed by atoms with E-state index in [4.69, 9.17) is 11.6 Å². The summed E-state index contributed by atoms with van der Waals surface area (Å²) in [5.41, 5.74) is -1.75. The van der Waals surface area contributed by atoms with E-state index >= 15 is 0 Å². The summed E-state index contributed by atoms with van der Waals surface area (Å²) in [6, 6.07) is 0.997. The predicted octanol–water partition coefficient (Wildman–Crippen LogP) is 3.76. The number of hydrogen-bond donors (Lipinski definition) is 0. The lowest BCUT2D eigenvalue weighted by molar-refractivity contribution is -0.275. The van der Waals surface area contributed by atoms with E-state index in [0.29, 0.717) is 0 Å². The number of pyridine rings is 1. The molecule has 0 saturated carbocycles. The molecule has 124 valence electrons. The van der Waals surface area contributed by atoms with Crippen LogP contribution in [0.15, 0.2) is 6.07 Å². The zero-order valence-corrected chi connectivity index (χ0v) is 12.0. The highest BCUT2D eigenvalue weighted by Crippen LogP contribution is 2.35. The number of aromatic nitrogens is 1. The minimum Gasteiger partial charge on any atom is -0.466 e. The molecule has 0 aliphatic heterocycles. The van der Waals surface area contributed by atoms with E-state index in [0.717, 1.165) is 6.07 Å². The third kappa shape index (κ3) is 5.28. The lowest BCUT2D eigenvalue weighted by Crippen LogP contribution is -2.21. The number of hydrogen-bond acceptors (Lipinski definition) is 4. The molecule has 0 aliphatic carbocycles. The number of carbonyl (C=O) groups excluding carboxylic acids is 1. The van der Waals surface area contributed by atoms with Crippen LogP contribution in [0.25, 0.3) is 0 Å². The van der Waals surface area contributed by atoms with E-state index < -0.39 is 42.2 Å². The van der Waals surface area contributed by atoms with Crippen LogP contribution in [-0.4, -0.2) is 23.9 Å². The Morgan fingerprint density at radius 1 is 1.41 bits per heavy atom. The van der Waals surface area contributed by atoms with Crippen LogP contribution in [0.2, 0.25) is 0 Å². The first kappa shape index (κ1) is 18.4. The van der Waals surface area contributed by atoms with Crippen molar-refractivity contribution in [1.29, 1.82) is 0 Å². The molecular formula is C12H11ClF5NO3. The molecular weight excluding hydrogens is 337 g/mol. The Morgan fingerprint density at radius 3 is 2.50 bits per heavy atom. The Labute approximate surface area is 127 Å². The van der Waals surface area contributed by atoms with Crippen molar-refractivity contribution < 1.29 is 36.2 Å². The van der Waals surface area contributed by atoms with Gasteiger partial charge in [0.15, 0.2) is 5.75 Å². The first-order valence-corrected chi connectivity index (χ1v) is 6.49. The smallest absolute Gasteiger partial charge is 0.466 e. The molecule has 1 heterocycles. The van der Waals surface area contributed by atoms with Gasteiger partial charge in [-0.25, -0.2) is 13.8 Å². The number of ether oxygens (including phenoxy) is 2. The average molecular weight is 348 g/mol. The number of esters is 1. The SMILES string of the molecule is CCOC(=O)Cc1cc(CCl)nc(C(F)F)c1OC(F)(F)F. The summed E-state index contributed by atoms with van der Waals surface area (Å²) in [7, 11) is 0. The fraction of sp³-hybridized carbons (Fsp3) is 0.500. The van der Waals surface area contributed by atoms with Gasteiger partial charge >= 0.3 is 12.3 Å². The Morgan fingerprint density at radius 2 is 2.05 bits per heavy atom. The molecule has 10 heteroatoms. The molecule has 0 saturated heterocycles. The van der Waals surface area contributed by atoms with Crippen LogP contribution in [0.5, 0.6) is 5.75 Å². The number of halogens is 6. The zero-order valence-electron chi connectivity index (χ0n) is 11.2. The number of alkyl halides is 6. The normalized spacial score (nSPS) is 11.6. The minimum absolute atomic E-state index is 0.0105. The van der Waals surface area contributed by atoms with Crippen molar-refractivity contribution in [3.05, 3.63) is 23.0 Å². The molecule has 0 bridgehead atoms. The van der Waals surface area contributed by atoms with Crippen molar-refractivity contribution in [3.63, 3.8) is 0 Å². The van der Waals surface area contributed by atoms with E-state index in [9.17, 15) is 26.7 Å². The molecule has 0 N–H and O–H groups in total. The van der Waals surface area contributed by atoms with Gasteiger partial charge in [-0.15, -0.1) is 24.8 Å². The number of nitrogens with zero attached hydrogens (tertiary/aromatic N) is 1. The summed E-state index contributed by atoms with van der Waals surface area (Å²) in [4.78, 5) is 14.7. The molecule has 1 aromatic rings. The fourth-order valence-electron chi connectivity index (χ4n) is 1.62. The van der Waals surface area contributed by atoms with Crippen molar-refractivity contribution in [2.75, 3.05) is 6.61 Å². The van der Waals surface area contributed by atoms with Crippen LogP contribution < -0.4 is 4.74 Å². The van der Waals surface area contributed by atoms with Gasteiger partial charge in [0.1, 0.15) is 5.69 Å². The van der Waals surface area contributed by atoms with Crippen molar-refractivity contribution >= 4 is 17.6 Å². The van der Waals surface area contributed by atoms with Crippen LogP contribution in [0.3, 0.4) is 0 Å². The van der Waals surface area contributed by atoms with Gasteiger partial charge in [-0.2, -0.15) is 0 Å². The first-order valence-electron chi connectivity index (χ1n) is 5.96. The van der Waals surface area contributed by atoms with Crippen LogP contribution in [0.4, 0.5) is 22.0 Å². The minimum atomic E-state index is -5.21. The summed E-state index contributed by atoms with van der Waals surface area (Å²) < 4.78 is 71.2. The van der Waals surface area contributed by atoms with Crippen molar-refractivity contribution in [2.24, 2.45) is 0 Å². The predicted molar refractivity (Wildman–Crippen MR) is 65.8 cm³/mol. The van der Waals surface area contributed by atoms with Crippen LogP contribution in [0, 0.1) is 0 Å². The summed E-state index contributed by atoms with van der Waals surface area (Å²) in [5.74, 6) is -2.41. The van der Waals surface area contributed by atoms with Gasteiger partial charge in [0.2, 0.25) is 0 Å². The van der Waals surface area contributed by atoms with Gasteiger partial charge in [0, 0.05) is 5.56 Å². The lowest BCUT2D eigenvalue weighted by atomic mass is 10.1. The molecule has 0 unspecified atom stereocenters. The average Bonchev–Trinajstić information content (AvgIpc) is 2.38. The summed E-state index contributed by atoms with van der Waals surface area (Å²) >= 11 is 5.47. The molecule has 1 rings (SSSR count). The summed E-state index contributed by atoms with van der Waals surface area (Å²) in [6.45, 7) is 1.48. The number of rotatable bonds is 6. The topological polar surface area (TPSA) is 48.4 Å². The molecule has 0 spiro atoms. The molecule has 0 fully saturated rings. The lowest BCUT2D eigenvalue weighted by Gasteiger charge is -2.17. The second kappa shape index (κ2) is 7.57.